The van der Waals surface area contributed by atoms with Crippen LogP contribution in [0.1, 0.15) is 27.2 Å². The van der Waals surface area contributed by atoms with Crippen LogP contribution in [0.25, 0.3) is 0 Å². The summed E-state index contributed by atoms with van der Waals surface area (Å²) in [4.78, 5) is 4.66. The van der Waals surface area contributed by atoms with E-state index in [9.17, 15) is 5.11 Å². The van der Waals surface area contributed by atoms with Crippen LogP contribution in [0, 0.1) is 5.92 Å². The van der Waals surface area contributed by atoms with Crippen molar-refractivity contribution < 1.29 is 5.11 Å². The molecule has 2 atom stereocenters. The Kier molecular flexibility index (Phi) is 6.05. The van der Waals surface area contributed by atoms with Gasteiger partial charge in [-0.25, -0.2) is 0 Å². The number of nitrogens with one attached hydrogen (secondary N) is 1. The smallest absolute Gasteiger partial charge is 0.0869 e. The van der Waals surface area contributed by atoms with Crippen LogP contribution in [0.3, 0.4) is 0 Å². The highest BCUT2D eigenvalue weighted by molar-refractivity contribution is 4.82. The summed E-state index contributed by atoms with van der Waals surface area (Å²) in [5, 5.41) is 13.7. The van der Waals surface area contributed by atoms with E-state index in [-0.39, 0.29) is 0 Å². The molecule has 0 bridgehead atoms. The Morgan fingerprint density at radius 1 is 1.50 bits per heavy atom. The summed E-state index contributed by atoms with van der Waals surface area (Å²) >= 11 is 0. The highest BCUT2D eigenvalue weighted by atomic mass is 16.3. The molecule has 1 heterocycles. The van der Waals surface area contributed by atoms with Crippen molar-refractivity contribution in [3.05, 3.63) is 0 Å². The van der Waals surface area contributed by atoms with E-state index in [1.165, 1.54) is 19.5 Å². The Bertz CT molecular complexity index is 243. The summed E-state index contributed by atoms with van der Waals surface area (Å²) in [6.45, 7) is 11.0. The van der Waals surface area contributed by atoms with Gasteiger partial charge in [-0.05, 0) is 39.9 Å². The molecule has 0 amide bonds. The van der Waals surface area contributed by atoms with Gasteiger partial charge in [-0.3, -0.25) is 0 Å². The molecule has 0 radical (unpaired) electrons. The minimum atomic E-state index is -0.649. The van der Waals surface area contributed by atoms with E-state index in [1.807, 2.05) is 6.92 Å². The van der Waals surface area contributed by atoms with E-state index in [0.29, 0.717) is 12.6 Å². The fourth-order valence-corrected chi connectivity index (χ4v) is 2.74. The van der Waals surface area contributed by atoms with Gasteiger partial charge in [0.2, 0.25) is 0 Å². The SMILES string of the molecule is CC(C)NCC(C)(O)CN(C)CC1CCN(C)C1. The number of aliphatic hydroxyl groups is 1. The topological polar surface area (TPSA) is 38.7 Å². The largest absolute Gasteiger partial charge is 0.388 e. The minimum Gasteiger partial charge on any atom is -0.388 e. The van der Waals surface area contributed by atoms with Gasteiger partial charge in [0.1, 0.15) is 0 Å². The lowest BCUT2D eigenvalue weighted by molar-refractivity contribution is 0.0226. The molecule has 1 rings (SSSR count). The predicted octanol–water partition coefficient (Wildman–Crippen LogP) is 0.619. The van der Waals surface area contributed by atoms with E-state index < -0.39 is 5.60 Å². The number of hydrogen-bond donors (Lipinski definition) is 2. The molecule has 1 aliphatic heterocycles. The van der Waals surface area contributed by atoms with Crippen LogP contribution in [-0.4, -0.2) is 73.4 Å². The molecule has 18 heavy (non-hydrogen) atoms. The number of hydrogen-bond acceptors (Lipinski definition) is 4. The average Bonchev–Trinajstić information content (AvgIpc) is 2.60. The monoisotopic (exact) mass is 257 g/mol. The summed E-state index contributed by atoms with van der Waals surface area (Å²) in [6, 6.07) is 0.422. The Morgan fingerprint density at radius 3 is 2.67 bits per heavy atom. The molecule has 2 N–H and O–H groups in total. The van der Waals surface area contributed by atoms with Gasteiger partial charge in [-0.2, -0.15) is 0 Å². The third-order valence-electron chi connectivity index (χ3n) is 3.56. The summed E-state index contributed by atoms with van der Waals surface area (Å²) in [7, 11) is 4.30. The van der Waals surface area contributed by atoms with E-state index in [2.05, 4.69) is 43.1 Å². The summed E-state index contributed by atoms with van der Waals surface area (Å²) in [5.74, 6) is 0.758. The molecule has 1 saturated heterocycles. The summed E-state index contributed by atoms with van der Waals surface area (Å²) in [6.07, 6.45) is 1.28. The molecule has 0 aromatic carbocycles. The van der Waals surface area contributed by atoms with E-state index >= 15 is 0 Å². The van der Waals surface area contributed by atoms with Crippen molar-refractivity contribution in [3.63, 3.8) is 0 Å². The van der Waals surface area contributed by atoms with Gasteiger partial charge in [-0.1, -0.05) is 13.8 Å². The molecule has 0 spiro atoms. The van der Waals surface area contributed by atoms with Crippen LogP contribution in [0.5, 0.6) is 0 Å². The fraction of sp³-hybridized carbons (Fsp3) is 1.00. The maximum absolute atomic E-state index is 10.3. The van der Waals surface area contributed by atoms with Crippen molar-refractivity contribution >= 4 is 0 Å². The maximum atomic E-state index is 10.3. The first-order valence-electron chi connectivity index (χ1n) is 7.11. The van der Waals surface area contributed by atoms with Crippen molar-refractivity contribution in [2.75, 3.05) is 46.8 Å². The molecular formula is C14H31N3O. The second-order valence-corrected chi connectivity index (χ2v) is 6.65. The highest BCUT2D eigenvalue weighted by Crippen LogP contribution is 2.16. The molecule has 2 unspecified atom stereocenters. The van der Waals surface area contributed by atoms with Crippen LogP contribution in [0.15, 0.2) is 0 Å². The lowest BCUT2D eigenvalue weighted by atomic mass is 10.0. The molecule has 1 aliphatic rings. The van der Waals surface area contributed by atoms with Crippen LogP contribution in [0.2, 0.25) is 0 Å². The van der Waals surface area contributed by atoms with Crippen LogP contribution < -0.4 is 5.32 Å². The van der Waals surface area contributed by atoms with E-state index in [1.54, 1.807) is 0 Å². The second-order valence-electron chi connectivity index (χ2n) is 6.65. The van der Waals surface area contributed by atoms with Crippen LogP contribution in [-0.2, 0) is 0 Å². The molecule has 0 aliphatic carbocycles. The van der Waals surface area contributed by atoms with Gasteiger partial charge in [0.15, 0.2) is 0 Å². The zero-order chi connectivity index (χ0) is 13.8. The molecule has 4 heteroatoms. The van der Waals surface area contributed by atoms with Crippen molar-refractivity contribution in [1.82, 2.24) is 15.1 Å². The molecule has 108 valence electrons. The first-order chi connectivity index (χ1) is 8.28. The maximum Gasteiger partial charge on any atom is 0.0869 e. The molecule has 1 fully saturated rings. The minimum absolute atomic E-state index is 0.422. The third kappa shape index (κ3) is 6.14. The van der Waals surface area contributed by atoms with Gasteiger partial charge in [-0.15, -0.1) is 0 Å². The number of rotatable bonds is 7. The fourth-order valence-electron chi connectivity index (χ4n) is 2.74. The zero-order valence-electron chi connectivity index (χ0n) is 12.7. The molecule has 0 aromatic heterocycles. The molecule has 4 nitrogen and oxygen atoms in total. The van der Waals surface area contributed by atoms with Crippen molar-refractivity contribution in [1.29, 1.82) is 0 Å². The lowest BCUT2D eigenvalue weighted by Crippen LogP contribution is -2.48. The van der Waals surface area contributed by atoms with Crippen LogP contribution >= 0.6 is 0 Å². The lowest BCUT2D eigenvalue weighted by Gasteiger charge is -2.31. The second kappa shape index (κ2) is 6.85. The van der Waals surface area contributed by atoms with Gasteiger partial charge in [0, 0.05) is 32.2 Å². The van der Waals surface area contributed by atoms with Gasteiger partial charge in [0.05, 0.1) is 5.60 Å². The first kappa shape index (κ1) is 15.9. The van der Waals surface area contributed by atoms with Crippen LogP contribution in [0.4, 0.5) is 0 Å². The molecular weight excluding hydrogens is 226 g/mol. The van der Waals surface area contributed by atoms with Crippen molar-refractivity contribution in [2.45, 2.75) is 38.8 Å². The number of nitrogens with zero attached hydrogens (tertiary/aromatic N) is 2. The average molecular weight is 257 g/mol. The Morgan fingerprint density at radius 2 is 2.17 bits per heavy atom. The van der Waals surface area contributed by atoms with Gasteiger partial charge < -0.3 is 20.2 Å². The molecule has 0 saturated carbocycles. The Balaban J connectivity index is 2.27. The number of likely N-dealkylation sites (N-methyl/N-ethyl adjacent to an activating group) is 1. The third-order valence-corrected chi connectivity index (χ3v) is 3.56. The van der Waals surface area contributed by atoms with E-state index in [4.69, 9.17) is 0 Å². The predicted molar refractivity (Wildman–Crippen MR) is 76.9 cm³/mol. The number of likely N-dealkylation sites (tertiary alicyclic amines) is 1. The Hall–Kier alpha value is -0.160. The van der Waals surface area contributed by atoms with Crippen molar-refractivity contribution in [3.8, 4) is 0 Å². The quantitative estimate of drug-likeness (QED) is 0.701. The van der Waals surface area contributed by atoms with Gasteiger partial charge >= 0.3 is 0 Å². The zero-order valence-corrected chi connectivity index (χ0v) is 12.7. The van der Waals surface area contributed by atoms with E-state index in [0.717, 1.165) is 19.0 Å². The Labute approximate surface area is 112 Å². The molecule has 0 aromatic rings. The first-order valence-corrected chi connectivity index (χ1v) is 7.11. The van der Waals surface area contributed by atoms with Gasteiger partial charge in [0.25, 0.3) is 0 Å². The summed E-state index contributed by atoms with van der Waals surface area (Å²) < 4.78 is 0. The van der Waals surface area contributed by atoms with Crippen molar-refractivity contribution in [2.24, 2.45) is 5.92 Å². The normalized spacial score (nSPS) is 25.0. The standard InChI is InChI=1S/C14H31N3O/c1-12(2)15-10-14(3,18)11-17(5)9-13-6-7-16(4)8-13/h12-13,15,18H,6-11H2,1-5H3. The summed E-state index contributed by atoms with van der Waals surface area (Å²) in [5.41, 5.74) is -0.649. The highest BCUT2D eigenvalue weighted by Gasteiger charge is 2.26.